The van der Waals surface area contributed by atoms with E-state index in [9.17, 15) is 14.4 Å². The number of aliphatic carboxylic acids is 1. The van der Waals surface area contributed by atoms with Gasteiger partial charge in [0.25, 0.3) is 0 Å². The van der Waals surface area contributed by atoms with Gasteiger partial charge in [-0.15, -0.1) is 0 Å². The van der Waals surface area contributed by atoms with Crippen LogP contribution in [-0.2, 0) is 30.3 Å². The second kappa shape index (κ2) is 7.68. The van der Waals surface area contributed by atoms with E-state index in [2.05, 4.69) is 14.8 Å². The smallest absolute Gasteiger partial charge is 0.354 e. The number of carbonyl (C=O) groups is 3. The summed E-state index contributed by atoms with van der Waals surface area (Å²) < 4.78 is 9.00. The first-order chi connectivity index (χ1) is 9.96. The molecule has 0 bridgehead atoms. The number of methoxy groups -OCH3 is 2. The van der Waals surface area contributed by atoms with E-state index < -0.39 is 17.9 Å². The lowest BCUT2D eigenvalue weighted by molar-refractivity contribution is -0.138. The molecule has 0 aromatic heterocycles. The molecule has 0 atom stereocenters. The Morgan fingerprint density at radius 3 is 2.52 bits per heavy atom. The normalized spacial score (nSPS) is 10.7. The van der Waals surface area contributed by atoms with Crippen molar-refractivity contribution in [2.75, 3.05) is 19.5 Å². The predicted molar refractivity (Wildman–Crippen MR) is 73.5 cm³/mol. The molecule has 0 aliphatic rings. The Bertz CT molecular complexity index is 579. The van der Waals surface area contributed by atoms with Crippen molar-refractivity contribution in [3.05, 3.63) is 41.6 Å². The van der Waals surface area contributed by atoms with E-state index in [4.69, 9.17) is 5.11 Å². The molecule has 0 unspecified atom stereocenters. The summed E-state index contributed by atoms with van der Waals surface area (Å²) in [6.07, 6.45) is 0.805. The fourth-order valence-electron chi connectivity index (χ4n) is 1.52. The minimum absolute atomic E-state index is 0.114. The van der Waals surface area contributed by atoms with Crippen molar-refractivity contribution < 1.29 is 29.0 Å². The van der Waals surface area contributed by atoms with Crippen LogP contribution >= 0.6 is 0 Å². The van der Waals surface area contributed by atoms with Gasteiger partial charge in [0.1, 0.15) is 5.70 Å². The van der Waals surface area contributed by atoms with E-state index in [1.165, 1.54) is 14.2 Å². The van der Waals surface area contributed by atoms with E-state index >= 15 is 0 Å². The SMILES string of the molecule is COC(=O)/C=C(/Nc1cccc(CC(=O)O)c1)C(=O)OC. The molecule has 0 heterocycles. The van der Waals surface area contributed by atoms with Crippen molar-refractivity contribution in [2.24, 2.45) is 0 Å². The third-order valence-electron chi connectivity index (χ3n) is 2.43. The Labute approximate surface area is 121 Å². The molecule has 0 spiro atoms. The molecule has 2 N–H and O–H groups in total. The molecule has 0 aliphatic carbocycles. The maximum atomic E-state index is 11.6. The quantitative estimate of drug-likeness (QED) is 0.594. The summed E-state index contributed by atoms with van der Waals surface area (Å²) in [5, 5.41) is 11.5. The highest BCUT2D eigenvalue weighted by molar-refractivity contribution is 5.98. The summed E-state index contributed by atoms with van der Waals surface area (Å²) in [4.78, 5) is 33.5. The van der Waals surface area contributed by atoms with Crippen molar-refractivity contribution in [1.82, 2.24) is 0 Å². The van der Waals surface area contributed by atoms with Crippen LogP contribution in [0.4, 0.5) is 5.69 Å². The largest absolute Gasteiger partial charge is 0.481 e. The minimum atomic E-state index is -0.967. The van der Waals surface area contributed by atoms with Crippen LogP contribution in [0.5, 0.6) is 0 Å². The van der Waals surface area contributed by atoms with Crippen LogP contribution < -0.4 is 5.32 Å². The average molecular weight is 293 g/mol. The van der Waals surface area contributed by atoms with Crippen LogP contribution in [0.2, 0.25) is 0 Å². The number of rotatable bonds is 6. The lowest BCUT2D eigenvalue weighted by Crippen LogP contribution is -2.15. The number of ether oxygens (including phenoxy) is 2. The van der Waals surface area contributed by atoms with Gasteiger partial charge in [-0.3, -0.25) is 4.79 Å². The highest BCUT2D eigenvalue weighted by Gasteiger charge is 2.13. The summed E-state index contributed by atoms with van der Waals surface area (Å²) >= 11 is 0. The van der Waals surface area contributed by atoms with E-state index in [-0.39, 0.29) is 12.1 Å². The summed E-state index contributed by atoms with van der Waals surface area (Å²) in [5.74, 6) is -2.43. The van der Waals surface area contributed by atoms with Crippen LogP contribution in [0, 0.1) is 0 Å². The Hall–Kier alpha value is -2.83. The third kappa shape index (κ3) is 5.35. The molecule has 0 amide bonds. The first kappa shape index (κ1) is 16.2. The number of carbonyl (C=O) groups excluding carboxylic acids is 2. The highest BCUT2D eigenvalue weighted by atomic mass is 16.5. The van der Waals surface area contributed by atoms with Gasteiger partial charge in [0.2, 0.25) is 0 Å². The number of carboxylic acid groups (broad SMARTS) is 1. The molecule has 7 heteroatoms. The second-order valence-corrected chi connectivity index (χ2v) is 3.97. The van der Waals surface area contributed by atoms with Crippen LogP contribution in [0.1, 0.15) is 5.56 Å². The average Bonchev–Trinajstić information content (AvgIpc) is 2.45. The van der Waals surface area contributed by atoms with Gasteiger partial charge < -0.3 is 19.9 Å². The lowest BCUT2D eigenvalue weighted by Gasteiger charge is -2.10. The molecular formula is C14H15NO6. The van der Waals surface area contributed by atoms with Gasteiger partial charge in [0, 0.05) is 5.69 Å². The second-order valence-electron chi connectivity index (χ2n) is 3.97. The van der Waals surface area contributed by atoms with E-state index in [0.717, 1.165) is 6.08 Å². The van der Waals surface area contributed by atoms with E-state index in [1.54, 1.807) is 24.3 Å². The molecule has 1 aromatic rings. The molecular weight excluding hydrogens is 278 g/mol. The van der Waals surface area contributed by atoms with Gasteiger partial charge in [0.15, 0.2) is 0 Å². The van der Waals surface area contributed by atoms with E-state index in [1.807, 2.05) is 0 Å². The molecule has 0 saturated heterocycles. The topological polar surface area (TPSA) is 102 Å². The van der Waals surface area contributed by atoms with Crippen molar-refractivity contribution in [2.45, 2.75) is 6.42 Å². The Kier molecular flexibility index (Phi) is 5.94. The summed E-state index contributed by atoms with van der Waals surface area (Å²) in [7, 11) is 2.36. The number of carboxylic acids is 1. The summed E-state index contributed by atoms with van der Waals surface area (Å²) in [5.41, 5.74) is 0.890. The van der Waals surface area contributed by atoms with E-state index in [0.29, 0.717) is 11.3 Å². The molecule has 0 radical (unpaired) electrons. The first-order valence-electron chi connectivity index (χ1n) is 5.92. The number of hydrogen-bond acceptors (Lipinski definition) is 6. The van der Waals surface area contributed by atoms with Crippen LogP contribution in [0.25, 0.3) is 0 Å². The molecule has 21 heavy (non-hydrogen) atoms. The maximum Gasteiger partial charge on any atom is 0.354 e. The van der Waals surface area contributed by atoms with Crippen molar-refractivity contribution >= 4 is 23.6 Å². The molecule has 1 aromatic carbocycles. The molecule has 112 valence electrons. The number of anilines is 1. The first-order valence-corrected chi connectivity index (χ1v) is 5.92. The zero-order chi connectivity index (χ0) is 15.8. The van der Waals surface area contributed by atoms with Gasteiger partial charge in [-0.25, -0.2) is 9.59 Å². The number of benzene rings is 1. The van der Waals surface area contributed by atoms with Gasteiger partial charge in [0.05, 0.1) is 26.7 Å². The lowest BCUT2D eigenvalue weighted by atomic mass is 10.1. The number of nitrogens with one attached hydrogen (secondary N) is 1. The van der Waals surface area contributed by atoms with Gasteiger partial charge in [-0.2, -0.15) is 0 Å². The molecule has 0 saturated carbocycles. The zero-order valence-corrected chi connectivity index (χ0v) is 11.6. The summed E-state index contributed by atoms with van der Waals surface area (Å²) in [6, 6.07) is 6.45. The molecule has 7 nitrogen and oxygen atoms in total. The molecule has 0 aliphatic heterocycles. The Morgan fingerprint density at radius 1 is 1.24 bits per heavy atom. The highest BCUT2D eigenvalue weighted by Crippen LogP contribution is 2.14. The predicted octanol–water partition coefficient (Wildman–Crippen LogP) is 0.955. The summed E-state index contributed by atoms with van der Waals surface area (Å²) in [6.45, 7) is 0. The van der Waals surface area contributed by atoms with Crippen LogP contribution in [-0.4, -0.2) is 37.2 Å². The minimum Gasteiger partial charge on any atom is -0.481 e. The molecule has 1 rings (SSSR count). The standard InChI is InChI=1S/C14H15NO6/c1-20-13(18)8-11(14(19)21-2)15-10-5-3-4-9(6-10)7-12(16)17/h3-6,8,15H,7H2,1-2H3,(H,16,17)/b11-8+. The van der Waals surface area contributed by atoms with Gasteiger partial charge in [-0.1, -0.05) is 12.1 Å². The fourth-order valence-corrected chi connectivity index (χ4v) is 1.52. The third-order valence-corrected chi connectivity index (χ3v) is 2.43. The van der Waals surface area contributed by atoms with Crippen molar-refractivity contribution in [3.8, 4) is 0 Å². The van der Waals surface area contributed by atoms with Crippen molar-refractivity contribution in [1.29, 1.82) is 0 Å². The Morgan fingerprint density at radius 2 is 1.95 bits per heavy atom. The fraction of sp³-hybridized carbons (Fsp3) is 0.214. The number of esters is 2. The Balaban J connectivity index is 2.98. The van der Waals surface area contributed by atoms with Crippen LogP contribution in [0.15, 0.2) is 36.0 Å². The van der Waals surface area contributed by atoms with Gasteiger partial charge >= 0.3 is 17.9 Å². The van der Waals surface area contributed by atoms with Crippen molar-refractivity contribution in [3.63, 3.8) is 0 Å². The zero-order valence-electron chi connectivity index (χ0n) is 11.6. The monoisotopic (exact) mass is 293 g/mol. The van der Waals surface area contributed by atoms with Gasteiger partial charge in [-0.05, 0) is 17.7 Å². The van der Waals surface area contributed by atoms with Crippen LogP contribution in [0.3, 0.4) is 0 Å². The maximum absolute atomic E-state index is 11.6. The number of hydrogen-bond donors (Lipinski definition) is 2. The molecule has 0 fully saturated rings.